The summed E-state index contributed by atoms with van der Waals surface area (Å²) in [6, 6.07) is 0. The first kappa shape index (κ1) is 9.21. The topological polar surface area (TPSA) is 61.0 Å². The van der Waals surface area contributed by atoms with E-state index in [1.165, 1.54) is 6.42 Å². The van der Waals surface area contributed by atoms with Gasteiger partial charge in [-0.2, -0.15) is 0 Å². The highest BCUT2D eigenvalue weighted by atomic mass is 16.2. The lowest BCUT2D eigenvalue weighted by atomic mass is 10.2. The standard InChI is InChI=1S/C9H14N4O/c14-9(8-10-4-5-11-8)12-13-6-2-1-3-7-13/h4-5H,1-3,6-7H2,(H,10,11)(H,12,14). The quantitative estimate of drug-likeness (QED) is 0.722. The molecule has 2 N–H and O–H groups in total. The van der Waals surface area contributed by atoms with E-state index >= 15 is 0 Å². The van der Waals surface area contributed by atoms with E-state index in [1.54, 1.807) is 12.4 Å². The molecule has 1 aromatic heterocycles. The number of hydrazine groups is 1. The number of aromatic amines is 1. The molecule has 0 aromatic carbocycles. The molecular weight excluding hydrogens is 180 g/mol. The van der Waals surface area contributed by atoms with Gasteiger partial charge in [-0.25, -0.2) is 9.99 Å². The average Bonchev–Trinajstić information content (AvgIpc) is 2.72. The molecule has 1 aromatic rings. The first-order valence-electron chi connectivity index (χ1n) is 4.91. The van der Waals surface area contributed by atoms with Gasteiger partial charge in [-0.1, -0.05) is 6.42 Å². The molecule has 0 unspecified atom stereocenters. The fourth-order valence-corrected chi connectivity index (χ4v) is 1.59. The van der Waals surface area contributed by atoms with Gasteiger partial charge in [-0.3, -0.25) is 10.2 Å². The fraction of sp³-hybridized carbons (Fsp3) is 0.556. The van der Waals surface area contributed by atoms with Crippen LogP contribution in [0.3, 0.4) is 0 Å². The van der Waals surface area contributed by atoms with Crippen molar-refractivity contribution < 1.29 is 4.79 Å². The van der Waals surface area contributed by atoms with Crippen molar-refractivity contribution in [3.05, 3.63) is 18.2 Å². The van der Waals surface area contributed by atoms with Gasteiger partial charge in [-0.15, -0.1) is 0 Å². The molecule has 0 spiro atoms. The van der Waals surface area contributed by atoms with Crippen LogP contribution in [-0.2, 0) is 0 Å². The monoisotopic (exact) mass is 194 g/mol. The molecule has 0 radical (unpaired) electrons. The summed E-state index contributed by atoms with van der Waals surface area (Å²) in [5, 5.41) is 1.95. The Morgan fingerprint density at radius 1 is 1.43 bits per heavy atom. The number of hydrogen-bond acceptors (Lipinski definition) is 3. The normalized spacial score (nSPS) is 18.0. The number of nitrogens with zero attached hydrogens (tertiary/aromatic N) is 2. The van der Waals surface area contributed by atoms with E-state index in [9.17, 15) is 4.79 Å². The number of rotatable bonds is 2. The molecule has 2 heterocycles. The van der Waals surface area contributed by atoms with Crippen LogP contribution in [0.15, 0.2) is 12.4 Å². The summed E-state index contributed by atoms with van der Waals surface area (Å²) in [4.78, 5) is 18.2. The molecule has 0 bridgehead atoms. The van der Waals surface area contributed by atoms with Crippen LogP contribution in [0.5, 0.6) is 0 Å². The molecule has 14 heavy (non-hydrogen) atoms. The number of hydrogen-bond donors (Lipinski definition) is 2. The highest BCUT2D eigenvalue weighted by molar-refractivity contribution is 5.89. The minimum absolute atomic E-state index is 0.156. The summed E-state index contributed by atoms with van der Waals surface area (Å²) < 4.78 is 0. The molecule has 1 amide bonds. The number of carbonyl (C=O) groups is 1. The second kappa shape index (κ2) is 4.23. The molecule has 5 heteroatoms. The molecule has 2 rings (SSSR count). The van der Waals surface area contributed by atoms with Gasteiger partial charge in [0.1, 0.15) is 0 Å². The van der Waals surface area contributed by atoms with Crippen molar-refractivity contribution in [1.82, 2.24) is 20.4 Å². The van der Waals surface area contributed by atoms with Crippen LogP contribution >= 0.6 is 0 Å². The summed E-state index contributed by atoms with van der Waals surface area (Å²) in [7, 11) is 0. The van der Waals surface area contributed by atoms with E-state index in [0.717, 1.165) is 25.9 Å². The molecule has 76 valence electrons. The highest BCUT2D eigenvalue weighted by Crippen LogP contribution is 2.06. The first-order chi connectivity index (χ1) is 6.86. The first-order valence-corrected chi connectivity index (χ1v) is 4.91. The number of carbonyl (C=O) groups excluding carboxylic acids is 1. The summed E-state index contributed by atoms with van der Waals surface area (Å²) in [5.74, 6) is 0.215. The zero-order valence-corrected chi connectivity index (χ0v) is 7.99. The van der Waals surface area contributed by atoms with Gasteiger partial charge in [-0.05, 0) is 12.8 Å². The van der Waals surface area contributed by atoms with Gasteiger partial charge >= 0.3 is 5.91 Å². The Labute approximate surface area is 82.5 Å². The van der Waals surface area contributed by atoms with E-state index in [1.807, 2.05) is 5.01 Å². The van der Waals surface area contributed by atoms with Gasteiger partial charge < -0.3 is 4.98 Å². The van der Waals surface area contributed by atoms with Crippen LogP contribution in [0.25, 0.3) is 0 Å². The Hall–Kier alpha value is -1.36. The van der Waals surface area contributed by atoms with E-state index in [0.29, 0.717) is 5.82 Å². The van der Waals surface area contributed by atoms with E-state index in [4.69, 9.17) is 0 Å². The van der Waals surface area contributed by atoms with Gasteiger partial charge in [0, 0.05) is 25.5 Å². The molecule has 5 nitrogen and oxygen atoms in total. The maximum absolute atomic E-state index is 11.5. The van der Waals surface area contributed by atoms with Crippen molar-refractivity contribution in [2.24, 2.45) is 0 Å². The van der Waals surface area contributed by atoms with Crippen molar-refractivity contribution >= 4 is 5.91 Å². The average molecular weight is 194 g/mol. The van der Waals surface area contributed by atoms with Crippen LogP contribution in [0.4, 0.5) is 0 Å². The Morgan fingerprint density at radius 2 is 2.21 bits per heavy atom. The Kier molecular flexibility index (Phi) is 2.78. The Morgan fingerprint density at radius 3 is 2.86 bits per heavy atom. The number of H-pyrrole nitrogens is 1. The SMILES string of the molecule is O=C(NN1CCCCC1)c1ncc[nH]1. The third-order valence-corrected chi connectivity index (χ3v) is 2.33. The number of amides is 1. The predicted octanol–water partition coefficient (Wildman–Crippen LogP) is 0.540. The summed E-state index contributed by atoms with van der Waals surface area (Å²) in [5.41, 5.74) is 2.82. The maximum Gasteiger partial charge on any atom is 0.301 e. The fourth-order valence-electron chi connectivity index (χ4n) is 1.59. The summed E-state index contributed by atoms with van der Waals surface area (Å²) >= 11 is 0. The van der Waals surface area contributed by atoms with Gasteiger partial charge in [0.2, 0.25) is 0 Å². The lowest BCUT2D eigenvalue weighted by molar-refractivity contribution is 0.0740. The number of imidazole rings is 1. The lowest BCUT2D eigenvalue weighted by Gasteiger charge is -2.26. The minimum atomic E-state index is -0.156. The third kappa shape index (κ3) is 2.11. The number of nitrogens with one attached hydrogen (secondary N) is 2. The molecule has 1 aliphatic rings. The molecule has 0 saturated carbocycles. The summed E-state index contributed by atoms with van der Waals surface area (Å²) in [6.45, 7) is 1.87. The number of piperidine rings is 1. The molecule has 1 fully saturated rings. The van der Waals surface area contributed by atoms with Crippen molar-refractivity contribution in [1.29, 1.82) is 0 Å². The van der Waals surface area contributed by atoms with Gasteiger partial charge in [0.15, 0.2) is 5.82 Å². The largest absolute Gasteiger partial charge is 0.340 e. The van der Waals surface area contributed by atoms with Gasteiger partial charge in [0.05, 0.1) is 0 Å². The highest BCUT2D eigenvalue weighted by Gasteiger charge is 2.14. The van der Waals surface area contributed by atoms with Crippen molar-refractivity contribution in [2.45, 2.75) is 19.3 Å². The summed E-state index contributed by atoms with van der Waals surface area (Å²) in [6.07, 6.45) is 6.78. The molecule has 1 aliphatic heterocycles. The predicted molar refractivity (Wildman–Crippen MR) is 51.5 cm³/mol. The van der Waals surface area contributed by atoms with Crippen molar-refractivity contribution in [3.8, 4) is 0 Å². The maximum atomic E-state index is 11.5. The van der Waals surface area contributed by atoms with E-state index in [-0.39, 0.29) is 5.91 Å². The van der Waals surface area contributed by atoms with E-state index in [2.05, 4.69) is 15.4 Å². The number of aromatic nitrogens is 2. The minimum Gasteiger partial charge on any atom is -0.340 e. The Bertz CT molecular complexity index is 290. The smallest absolute Gasteiger partial charge is 0.301 e. The molecule has 1 saturated heterocycles. The zero-order valence-electron chi connectivity index (χ0n) is 7.99. The van der Waals surface area contributed by atoms with Crippen LogP contribution in [0.2, 0.25) is 0 Å². The van der Waals surface area contributed by atoms with Crippen LogP contribution < -0.4 is 5.43 Å². The lowest BCUT2D eigenvalue weighted by Crippen LogP contribution is -2.45. The second-order valence-corrected chi connectivity index (χ2v) is 3.43. The van der Waals surface area contributed by atoms with Crippen molar-refractivity contribution in [3.63, 3.8) is 0 Å². The van der Waals surface area contributed by atoms with Crippen LogP contribution in [0.1, 0.15) is 29.9 Å². The van der Waals surface area contributed by atoms with Crippen molar-refractivity contribution in [2.75, 3.05) is 13.1 Å². The van der Waals surface area contributed by atoms with Crippen LogP contribution in [0, 0.1) is 0 Å². The zero-order chi connectivity index (χ0) is 9.80. The third-order valence-electron chi connectivity index (χ3n) is 2.33. The molecule has 0 atom stereocenters. The second-order valence-electron chi connectivity index (χ2n) is 3.43. The van der Waals surface area contributed by atoms with E-state index < -0.39 is 0 Å². The van der Waals surface area contributed by atoms with Gasteiger partial charge in [0.25, 0.3) is 0 Å². The Balaban J connectivity index is 1.87. The molecule has 0 aliphatic carbocycles. The van der Waals surface area contributed by atoms with Crippen LogP contribution in [-0.4, -0.2) is 34.0 Å². The molecular formula is C9H14N4O.